The third-order valence-electron chi connectivity index (χ3n) is 3.42. The normalized spacial score (nSPS) is 35.5. The van der Waals surface area contributed by atoms with Crippen molar-refractivity contribution >= 4 is 5.97 Å². The van der Waals surface area contributed by atoms with Gasteiger partial charge in [-0.15, -0.1) is 0 Å². The Balaban J connectivity index is 1.45. The average molecular weight is 211 g/mol. The van der Waals surface area contributed by atoms with Gasteiger partial charge in [-0.3, -0.25) is 9.69 Å². The van der Waals surface area contributed by atoms with Gasteiger partial charge in [0.1, 0.15) is 6.73 Å². The summed E-state index contributed by atoms with van der Waals surface area (Å²) in [4.78, 5) is 13.5. The number of hydrogen-bond donors (Lipinski definition) is 0. The standard InChI is InChI=1S/C11H17NO3/c13-11(8-1-2-8)14-7-12-5-9-3-4-10(6-12)15-9/h8-10H,1-7H2. The zero-order chi connectivity index (χ0) is 10.3. The molecule has 15 heavy (non-hydrogen) atoms. The van der Waals surface area contributed by atoms with E-state index in [2.05, 4.69) is 4.90 Å². The molecule has 0 aromatic rings. The third kappa shape index (κ3) is 2.16. The van der Waals surface area contributed by atoms with E-state index in [1.165, 1.54) is 0 Å². The van der Waals surface area contributed by atoms with Crippen LogP contribution >= 0.6 is 0 Å². The molecule has 2 bridgehead atoms. The first kappa shape index (κ1) is 9.60. The van der Waals surface area contributed by atoms with Crippen molar-refractivity contribution in [3.8, 4) is 0 Å². The molecule has 0 amide bonds. The van der Waals surface area contributed by atoms with Gasteiger partial charge in [-0.25, -0.2) is 0 Å². The van der Waals surface area contributed by atoms with Crippen LogP contribution in [0.3, 0.4) is 0 Å². The van der Waals surface area contributed by atoms with Crippen molar-refractivity contribution in [2.45, 2.75) is 37.9 Å². The van der Waals surface area contributed by atoms with Gasteiger partial charge in [-0.2, -0.15) is 0 Å². The lowest BCUT2D eigenvalue weighted by molar-refractivity contribution is -0.154. The van der Waals surface area contributed by atoms with E-state index >= 15 is 0 Å². The van der Waals surface area contributed by atoms with Crippen LogP contribution in [0.15, 0.2) is 0 Å². The van der Waals surface area contributed by atoms with E-state index in [-0.39, 0.29) is 11.9 Å². The Bertz CT molecular complexity index is 253. The van der Waals surface area contributed by atoms with Crippen LogP contribution in [0.4, 0.5) is 0 Å². The number of rotatable bonds is 3. The second kappa shape index (κ2) is 3.76. The van der Waals surface area contributed by atoms with Crippen LogP contribution < -0.4 is 0 Å². The number of ether oxygens (including phenoxy) is 2. The number of carbonyl (C=O) groups is 1. The van der Waals surface area contributed by atoms with Crippen LogP contribution in [0.1, 0.15) is 25.7 Å². The van der Waals surface area contributed by atoms with E-state index in [4.69, 9.17) is 9.47 Å². The minimum absolute atomic E-state index is 0.00570. The van der Waals surface area contributed by atoms with E-state index in [1.807, 2.05) is 0 Å². The van der Waals surface area contributed by atoms with Crippen molar-refractivity contribution in [2.24, 2.45) is 5.92 Å². The molecule has 2 heterocycles. The molecule has 3 rings (SSSR count). The summed E-state index contributed by atoms with van der Waals surface area (Å²) >= 11 is 0. The van der Waals surface area contributed by atoms with Crippen molar-refractivity contribution in [3.63, 3.8) is 0 Å². The number of carbonyl (C=O) groups excluding carboxylic acids is 1. The molecule has 1 aliphatic carbocycles. The summed E-state index contributed by atoms with van der Waals surface area (Å²) in [5.74, 6) is 0.205. The topological polar surface area (TPSA) is 38.8 Å². The number of esters is 1. The SMILES string of the molecule is O=C(OCN1CC2CCC(C1)O2)C1CC1. The first-order chi connectivity index (χ1) is 7.31. The molecular weight excluding hydrogens is 194 g/mol. The molecule has 3 fully saturated rings. The highest BCUT2D eigenvalue weighted by atomic mass is 16.5. The van der Waals surface area contributed by atoms with Crippen molar-refractivity contribution in [3.05, 3.63) is 0 Å². The van der Waals surface area contributed by atoms with Crippen LogP contribution in [-0.2, 0) is 14.3 Å². The minimum atomic E-state index is -0.00570. The van der Waals surface area contributed by atoms with Crippen LogP contribution in [0, 0.1) is 5.92 Å². The van der Waals surface area contributed by atoms with Gasteiger partial charge in [0.15, 0.2) is 0 Å². The molecule has 2 aliphatic heterocycles. The lowest BCUT2D eigenvalue weighted by Crippen LogP contribution is -2.44. The fourth-order valence-electron chi connectivity index (χ4n) is 2.40. The second-order valence-electron chi connectivity index (χ2n) is 4.86. The molecule has 0 N–H and O–H groups in total. The number of likely N-dealkylation sites (tertiary alicyclic amines) is 1. The van der Waals surface area contributed by atoms with Crippen molar-refractivity contribution < 1.29 is 14.3 Å². The number of nitrogens with zero attached hydrogens (tertiary/aromatic N) is 1. The third-order valence-corrected chi connectivity index (χ3v) is 3.42. The Morgan fingerprint density at radius 2 is 1.87 bits per heavy atom. The summed E-state index contributed by atoms with van der Waals surface area (Å²) in [5, 5.41) is 0. The Morgan fingerprint density at radius 1 is 1.20 bits per heavy atom. The fourth-order valence-corrected chi connectivity index (χ4v) is 2.40. The quantitative estimate of drug-likeness (QED) is 0.646. The van der Waals surface area contributed by atoms with Crippen molar-refractivity contribution in [1.29, 1.82) is 0 Å². The minimum Gasteiger partial charge on any atom is -0.449 e. The van der Waals surface area contributed by atoms with Crippen LogP contribution in [0.2, 0.25) is 0 Å². The first-order valence-corrected chi connectivity index (χ1v) is 5.86. The van der Waals surface area contributed by atoms with Gasteiger partial charge >= 0.3 is 5.97 Å². The molecule has 0 aromatic carbocycles. The molecule has 0 radical (unpaired) electrons. The summed E-state index contributed by atoms with van der Waals surface area (Å²) in [6, 6.07) is 0. The van der Waals surface area contributed by atoms with Crippen LogP contribution in [-0.4, -0.2) is 42.9 Å². The second-order valence-corrected chi connectivity index (χ2v) is 4.86. The smallest absolute Gasteiger partial charge is 0.310 e. The van der Waals surface area contributed by atoms with Gasteiger partial charge in [0.05, 0.1) is 18.1 Å². The van der Waals surface area contributed by atoms with Crippen LogP contribution in [0.5, 0.6) is 0 Å². The highest BCUT2D eigenvalue weighted by Crippen LogP contribution is 2.30. The zero-order valence-electron chi connectivity index (χ0n) is 8.85. The van der Waals surface area contributed by atoms with Gasteiger partial charge in [0.25, 0.3) is 0 Å². The molecule has 0 spiro atoms. The monoisotopic (exact) mass is 211 g/mol. The first-order valence-electron chi connectivity index (χ1n) is 5.86. The van der Waals surface area contributed by atoms with E-state index in [0.717, 1.165) is 38.8 Å². The summed E-state index contributed by atoms with van der Waals surface area (Å²) in [6.07, 6.45) is 5.13. The Labute approximate surface area is 89.5 Å². The fraction of sp³-hybridized carbons (Fsp3) is 0.909. The number of morpholine rings is 1. The molecule has 0 aromatic heterocycles. The van der Waals surface area contributed by atoms with Crippen molar-refractivity contribution in [1.82, 2.24) is 4.90 Å². The maximum atomic E-state index is 11.3. The molecule has 84 valence electrons. The van der Waals surface area contributed by atoms with E-state index in [0.29, 0.717) is 18.9 Å². The molecule has 3 aliphatic rings. The maximum Gasteiger partial charge on any atom is 0.310 e. The maximum absolute atomic E-state index is 11.3. The molecular formula is C11H17NO3. The number of hydrogen-bond acceptors (Lipinski definition) is 4. The number of fused-ring (bicyclic) bond motifs is 2. The predicted octanol–water partition coefficient (Wildman–Crippen LogP) is 0.760. The average Bonchev–Trinajstić information content (AvgIpc) is 3.02. The van der Waals surface area contributed by atoms with Gasteiger partial charge in [-0.05, 0) is 25.7 Å². The summed E-state index contributed by atoms with van der Waals surface area (Å²) < 4.78 is 11.0. The van der Waals surface area contributed by atoms with E-state index in [9.17, 15) is 4.79 Å². The molecule has 4 heteroatoms. The summed E-state index contributed by atoms with van der Waals surface area (Å²) in [5.41, 5.74) is 0. The Hall–Kier alpha value is -0.610. The zero-order valence-corrected chi connectivity index (χ0v) is 8.85. The largest absolute Gasteiger partial charge is 0.449 e. The highest BCUT2D eigenvalue weighted by molar-refractivity contribution is 5.74. The van der Waals surface area contributed by atoms with Gasteiger partial charge < -0.3 is 9.47 Å². The van der Waals surface area contributed by atoms with E-state index in [1.54, 1.807) is 0 Å². The van der Waals surface area contributed by atoms with Gasteiger partial charge in [-0.1, -0.05) is 0 Å². The molecule has 4 nitrogen and oxygen atoms in total. The van der Waals surface area contributed by atoms with E-state index < -0.39 is 0 Å². The molecule has 2 saturated heterocycles. The lowest BCUT2D eigenvalue weighted by atomic mass is 10.2. The highest BCUT2D eigenvalue weighted by Gasteiger charge is 2.35. The molecule has 2 atom stereocenters. The van der Waals surface area contributed by atoms with Crippen molar-refractivity contribution in [2.75, 3.05) is 19.8 Å². The van der Waals surface area contributed by atoms with Crippen LogP contribution in [0.25, 0.3) is 0 Å². The predicted molar refractivity (Wildman–Crippen MR) is 53.2 cm³/mol. The lowest BCUT2D eigenvalue weighted by Gasteiger charge is -2.31. The van der Waals surface area contributed by atoms with Gasteiger partial charge in [0, 0.05) is 13.1 Å². The summed E-state index contributed by atoms with van der Waals surface area (Å²) in [6.45, 7) is 2.31. The molecule has 1 saturated carbocycles. The summed E-state index contributed by atoms with van der Waals surface area (Å²) in [7, 11) is 0. The Kier molecular flexibility index (Phi) is 2.41. The Morgan fingerprint density at radius 3 is 2.47 bits per heavy atom. The molecule has 2 unspecified atom stereocenters. The van der Waals surface area contributed by atoms with Gasteiger partial charge in [0.2, 0.25) is 0 Å².